The summed E-state index contributed by atoms with van der Waals surface area (Å²) >= 11 is 0. The summed E-state index contributed by atoms with van der Waals surface area (Å²) in [6.45, 7) is 3.75. The third kappa shape index (κ3) is 3.91. The van der Waals surface area contributed by atoms with Crippen LogP contribution in [-0.4, -0.2) is 22.2 Å². The molecule has 1 aromatic carbocycles. The SMILES string of the molecule is CC(C)Oc1ccn(-c2ccc(OC(F)(F)F)cc2)n1. The zero-order chi connectivity index (χ0) is 14.8. The second-order valence-corrected chi connectivity index (χ2v) is 4.31. The minimum absolute atomic E-state index is 0.000844. The minimum Gasteiger partial charge on any atom is -0.474 e. The van der Waals surface area contributed by atoms with Crippen LogP contribution < -0.4 is 9.47 Å². The molecule has 108 valence electrons. The molecule has 0 spiro atoms. The Morgan fingerprint density at radius 3 is 2.30 bits per heavy atom. The molecule has 0 N–H and O–H groups in total. The fraction of sp³-hybridized carbons (Fsp3) is 0.308. The third-order valence-corrected chi connectivity index (χ3v) is 2.26. The largest absolute Gasteiger partial charge is 0.573 e. The standard InChI is InChI=1S/C13H13F3N2O2/c1-9(2)19-12-7-8-18(17-12)10-3-5-11(6-4-10)20-13(14,15)16/h3-9H,1-2H3. The topological polar surface area (TPSA) is 36.3 Å². The van der Waals surface area contributed by atoms with Gasteiger partial charge in [-0.2, -0.15) is 0 Å². The van der Waals surface area contributed by atoms with Crippen LogP contribution in [0.3, 0.4) is 0 Å². The van der Waals surface area contributed by atoms with Crippen LogP contribution in [0, 0.1) is 0 Å². The highest BCUT2D eigenvalue weighted by molar-refractivity contribution is 5.37. The Balaban J connectivity index is 2.11. The summed E-state index contributed by atoms with van der Waals surface area (Å²) in [7, 11) is 0. The van der Waals surface area contributed by atoms with Gasteiger partial charge in [0.25, 0.3) is 0 Å². The van der Waals surface area contributed by atoms with Gasteiger partial charge in [-0.1, -0.05) is 0 Å². The van der Waals surface area contributed by atoms with Crippen LogP contribution in [-0.2, 0) is 0 Å². The molecule has 0 saturated carbocycles. The summed E-state index contributed by atoms with van der Waals surface area (Å²) < 4.78 is 46.8. The third-order valence-electron chi connectivity index (χ3n) is 2.26. The van der Waals surface area contributed by atoms with Crippen LogP contribution in [0.4, 0.5) is 13.2 Å². The summed E-state index contributed by atoms with van der Waals surface area (Å²) in [5.74, 6) is 0.183. The lowest BCUT2D eigenvalue weighted by Gasteiger charge is -2.09. The van der Waals surface area contributed by atoms with E-state index in [1.807, 2.05) is 13.8 Å². The second-order valence-electron chi connectivity index (χ2n) is 4.31. The number of benzene rings is 1. The number of rotatable bonds is 4. The molecule has 0 aliphatic rings. The molecule has 7 heteroatoms. The summed E-state index contributed by atoms with van der Waals surface area (Å²) in [4.78, 5) is 0. The van der Waals surface area contributed by atoms with Crippen molar-refractivity contribution in [2.45, 2.75) is 26.3 Å². The molecule has 2 aromatic rings. The zero-order valence-corrected chi connectivity index (χ0v) is 10.9. The highest BCUT2D eigenvalue weighted by Gasteiger charge is 2.30. The molecule has 0 amide bonds. The Kier molecular flexibility index (Phi) is 3.87. The van der Waals surface area contributed by atoms with E-state index >= 15 is 0 Å². The van der Waals surface area contributed by atoms with Crippen molar-refractivity contribution in [1.29, 1.82) is 0 Å². The summed E-state index contributed by atoms with van der Waals surface area (Å²) in [6, 6.07) is 7.10. The maximum Gasteiger partial charge on any atom is 0.573 e. The van der Waals surface area contributed by atoms with Gasteiger partial charge in [0.1, 0.15) is 5.75 Å². The van der Waals surface area contributed by atoms with Crippen molar-refractivity contribution in [2.24, 2.45) is 0 Å². The van der Waals surface area contributed by atoms with E-state index in [2.05, 4.69) is 9.84 Å². The second kappa shape index (κ2) is 5.44. The van der Waals surface area contributed by atoms with Gasteiger partial charge in [-0.15, -0.1) is 18.3 Å². The van der Waals surface area contributed by atoms with Crippen LogP contribution in [0.15, 0.2) is 36.5 Å². The number of hydrogen-bond acceptors (Lipinski definition) is 3. The number of alkyl halides is 3. The number of nitrogens with zero attached hydrogens (tertiary/aromatic N) is 2. The number of aromatic nitrogens is 2. The van der Waals surface area contributed by atoms with Gasteiger partial charge in [-0.3, -0.25) is 0 Å². The van der Waals surface area contributed by atoms with Gasteiger partial charge in [0.2, 0.25) is 5.88 Å². The first-order chi connectivity index (χ1) is 9.33. The summed E-state index contributed by atoms with van der Waals surface area (Å²) in [6.07, 6.45) is -3.02. The molecule has 0 aliphatic heterocycles. The molecule has 4 nitrogen and oxygen atoms in total. The Morgan fingerprint density at radius 2 is 1.75 bits per heavy atom. The highest BCUT2D eigenvalue weighted by Crippen LogP contribution is 2.23. The fourth-order valence-electron chi connectivity index (χ4n) is 1.56. The Hall–Kier alpha value is -2.18. The maximum atomic E-state index is 12.0. The van der Waals surface area contributed by atoms with Crippen LogP contribution in [0.25, 0.3) is 5.69 Å². The van der Waals surface area contributed by atoms with Gasteiger partial charge in [0.05, 0.1) is 11.8 Å². The molecule has 0 unspecified atom stereocenters. The first-order valence-electron chi connectivity index (χ1n) is 5.92. The molecule has 0 saturated heterocycles. The molecule has 0 aliphatic carbocycles. The summed E-state index contributed by atoms with van der Waals surface area (Å²) in [5, 5.41) is 4.16. The van der Waals surface area contributed by atoms with Crippen molar-refractivity contribution < 1.29 is 22.6 Å². The molecular formula is C13H13F3N2O2. The van der Waals surface area contributed by atoms with E-state index in [0.717, 1.165) is 0 Å². The predicted octanol–water partition coefficient (Wildman–Crippen LogP) is 3.56. The van der Waals surface area contributed by atoms with Gasteiger partial charge in [0, 0.05) is 12.3 Å². The van der Waals surface area contributed by atoms with Crippen molar-refractivity contribution >= 4 is 0 Å². The Labute approximate surface area is 113 Å². The molecule has 0 atom stereocenters. The normalized spacial score (nSPS) is 11.7. The van der Waals surface area contributed by atoms with E-state index in [1.165, 1.54) is 28.9 Å². The molecule has 0 radical (unpaired) electrons. The van der Waals surface area contributed by atoms with Crippen molar-refractivity contribution in [3.05, 3.63) is 36.5 Å². The van der Waals surface area contributed by atoms with E-state index in [1.54, 1.807) is 12.3 Å². The predicted molar refractivity (Wildman–Crippen MR) is 66.0 cm³/mol. The summed E-state index contributed by atoms with van der Waals surface area (Å²) in [5.41, 5.74) is 0.609. The first-order valence-corrected chi connectivity index (χ1v) is 5.92. The van der Waals surface area contributed by atoms with Gasteiger partial charge < -0.3 is 9.47 Å². The monoisotopic (exact) mass is 286 g/mol. The zero-order valence-electron chi connectivity index (χ0n) is 10.9. The van der Waals surface area contributed by atoms with Crippen molar-refractivity contribution in [3.8, 4) is 17.3 Å². The van der Waals surface area contributed by atoms with Gasteiger partial charge in [-0.05, 0) is 38.1 Å². The van der Waals surface area contributed by atoms with E-state index in [9.17, 15) is 13.2 Å². The molecule has 1 heterocycles. The van der Waals surface area contributed by atoms with Crippen LogP contribution in [0.5, 0.6) is 11.6 Å². The molecule has 0 bridgehead atoms. The Morgan fingerprint density at radius 1 is 1.10 bits per heavy atom. The average molecular weight is 286 g/mol. The first kappa shape index (κ1) is 14.2. The van der Waals surface area contributed by atoms with E-state index in [0.29, 0.717) is 11.6 Å². The van der Waals surface area contributed by atoms with Gasteiger partial charge >= 0.3 is 6.36 Å². The number of hydrogen-bond donors (Lipinski definition) is 0. The van der Waals surface area contributed by atoms with Gasteiger partial charge in [-0.25, -0.2) is 4.68 Å². The van der Waals surface area contributed by atoms with Crippen LogP contribution in [0.2, 0.25) is 0 Å². The van der Waals surface area contributed by atoms with E-state index < -0.39 is 6.36 Å². The smallest absolute Gasteiger partial charge is 0.474 e. The lowest BCUT2D eigenvalue weighted by Crippen LogP contribution is -2.17. The van der Waals surface area contributed by atoms with E-state index in [-0.39, 0.29) is 11.9 Å². The minimum atomic E-state index is -4.69. The quantitative estimate of drug-likeness (QED) is 0.862. The van der Waals surface area contributed by atoms with Crippen LogP contribution in [0.1, 0.15) is 13.8 Å². The van der Waals surface area contributed by atoms with Crippen LogP contribution >= 0.6 is 0 Å². The average Bonchev–Trinajstić information content (AvgIpc) is 2.75. The number of halogens is 3. The molecule has 20 heavy (non-hydrogen) atoms. The van der Waals surface area contributed by atoms with E-state index in [4.69, 9.17) is 4.74 Å². The highest BCUT2D eigenvalue weighted by atomic mass is 19.4. The fourth-order valence-corrected chi connectivity index (χ4v) is 1.56. The maximum absolute atomic E-state index is 12.0. The van der Waals surface area contributed by atoms with Crippen molar-refractivity contribution in [2.75, 3.05) is 0 Å². The number of ether oxygens (including phenoxy) is 2. The molecular weight excluding hydrogens is 273 g/mol. The molecule has 0 fully saturated rings. The van der Waals surface area contributed by atoms with Crippen molar-refractivity contribution in [1.82, 2.24) is 9.78 Å². The molecule has 2 rings (SSSR count). The lowest BCUT2D eigenvalue weighted by molar-refractivity contribution is -0.274. The Bertz CT molecular complexity index is 562. The van der Waals surface area contributed by atoms with Gasteiger partial charge in [0.15, 0.2) is 0 Å². The lowest BCUT2D eigenvalue weighted by atomic mass is 10.3. The van der Waals surface area contributed by atoms with Crippen molar-refractivity contribution in [3.63, 3.8) is 0 Å². The molecule has 1 aromatic heterocycles.